The van der Waals surface area contributed by atoms with Crippen LogP contribution in [0.1, 0.15) is 32.1 Å². The van der Waals surface area contributed by atoms with E-state index in [0.717, 1.165) is 18.8 Å². The van der Waals surface area contributed by atoms with Crippen LogP contribution in [-0.4, -0.2) is 37.0 Å². The first kappa shape index (κ1) is 15.5. The lowest BCUT2D eigenvalue weighted by Gasteiger charge is -2.26. The van der Waals surface area contributed by atoms with Gasteiger partial charge >= 0.3 is 0 Å². The van der Waals surface area contributed by atoms with Gasteiger partial charge in [0.05, 0.1) is 19.0 Å². The Hall–Kier alpha value is -1.86. The SMILES string of the molecule is N#CCCN(C(=O)CN1CCCCCC1)c1ccccc1. The number of anilines is 1. The molecule has 0 spiro atoms. The zero-order chi connectivity index (χ0) is 14.9. The van der Waals surface area contributed by atoms with Crippen LogP contribution in [0.15, 0.2) is 30.3 Å². The average molecular weight is 285 g/mol. The van der Waals surface area contributed by atoms with Gasteiger partial charge in [-0.3, -0.25) is 9.69 Å². The zero-order valence-electron chi connectivity index (χ0n) is 12.5. The summed E-state index contributed by atoms with van der Waals surface area (Å²) in [4.78, 5) is 16.6. The molecule has 1 heterocycles. The molecule has 0 atom stereocenters. The van der Waals surface area contributed by atoms with E-state index in [4.69, 9.17) is 5.26 Å². The third kappa shape index (κ3) is 4.87. The van der Waals surface area contributed by atoms with Crippen molar-refractivity contribution in [3.63, 3.8) is 0 Å². The zero-order valence-corrected chi connectivity index (χ0v) is 12.5. The topological polar surface area (TPSA) is 47.3 Å². The van der Waals surface area contributed by atoms with Gasteiger partial charge in [0.2, 0.25) is 5.91 Å². The summed E-state index contributed by atoms with van der Waals surface area (Å²) in [6.45, 7) is 2.94. The van der Waals surface area contributed by atoms with Crippen LogP contribution in [-0.2, 0) is 4.79 Å². The monoisotopic (exact) mass is 285 g/mol. The summed E-state index contributed by atoms with van der Waals surface area (Å²) in [5.41, 5.74) is 0.882. The van der Waals surface area contributed by atoms with Crippen molar-refractivity contribution in [2.75, 3.05) is 31.1 Å². The Morgan fingerprint density at radius 3 is 2.43 bits per heavy atom. The van der Waals surface area contributed by atoms with Crippen molar-refractivity contribution in [2.45, 2.75) is 32.1 Å². The van der Waals surface area contributed by atoms with E-state index in [1.54, 1.807) is 4.90 Å². The Bertz CT molecular complexity index is 473. The molecule has 4 heteroatoms. The molecule has 0 radical (unpaired) electrons. The van der Waals surface area contributed by atoms with Crippen LogP contribution < -0.4 is 4.90 Å². The molecular formula is C17H23N3O. The standard InChI is InChI=1S/C17H23N3O/c18-11-8-14-20(16-9-4-3-5-10-16)17(21)15-19-12-6-1-2-7-13-19/h3-5,9-10H,1-2,6-8,12-15H2. The van der Waals surface area contributed by atoms with Gasteiger partial charge in [0.25, 0.3) is 0 Å². The van der Waals surface area contributed by atoms with E-state index in [0.29, 0.717) is 19.5 Å². The Kier molecular flexibility index (Phi) is 6.23. The van der Waals surface area contributed by atoms with E-state index < -0.39 is 0 Å². The molecule has 0 saturated carbocycles. The van der Waals surface area contributed by atoms with Crippen molar-refractivity contribution in [2.24, 2.45) is 0 Å². The van der Waals surface area contributed by atoms with E-state index >= 15 is 0 Å². The molecule has 0 N–H and O–H groups in total. The van der Waals surface area contributed by atoms with Crippen LogP contribution in [0.25, 0.3) is 0 Å². The summed E-state index contributed by atoms with van der Waals surface area (Å²) in [5.74, 6) is 0.0957. The second-order valence-corrected chi connectivity index (χ2v) is 5.48. The number of amides is 1. The summed E-state index contributed by atoms with van der Waals surface area (Å²) in [5, 5.41) is 8.80. The Morgan fingerprint density at radius 1 is 1.14 bits per heavy atom. The molecule has 0 bridgehead atoms. The number of rotatable bonds is 5. The summed E-state index contributed by atoms with van der Waals surface area (Å²) in [7, 11) is 0. The number of benzene rings is 1. The minimum Gasteiger partial charge on any atom is -0.310 e. The molecule has 4 nitrogen and oxygen atoms in total. The van der Waals surface area contributed by atoms with Crippen molar-refractivity contribution >= 4 is 11.6 Å². The van der Waals surface area contributed by atoms with Crippen LogP contribution in [0.4, 0.5) is 5.69 Å². The van der Waals surface area contributed by atoms with Crippen molar-refractivity contribution in [3.8, 4) is 6.07 Å². The van der Waals surface area contributed by atoms with Crippen LogP contribution in [0.3, 0.4) is 0 Å². The predicted octanol–water partition coefficient (Wildman–Crippen LogP) is 2.81. The number of likely N-dealkylation sites (tertiary alicyclic amines) is 1. The number of hydrogen-bond donors (Lipinski definition) is 0. The fourth-order valence-electron chi connectivity index (χ4n) is 2.74. The fourth-order valence-corrected chi connectivity index (χ4v) is 2.74. The molecule has 0 aromatic heterocycles. The fraction of sp³-hybridized carbons (Fsp3) is 0.529. The predicted molar refractivity (Wildman–Crippen MR) is 83.9 cm³/mol. The smallest absolute Gasteiger partial charge is 0.241 e. The maximum absolute atomic E-state index is 12.6. The first-order chi connectivity index (χ1) is 10.3. The number of carbonyl (C=O) groups excluding carboxylic acids is 1. The van der Waals surface area contributed by atoms with Gasteiger partial charge in [-0.1, -0.05) is 31.0 Å². The molecular weight excluding hydrogens is 262 g/mol. The molecule has 0 aliphatic carbocycles. The van der Waals surface area contributed by atoms with E-state index in [1.807, 2.05) is 30.3 Å². The highest BCUT2D eigenvalue weighted by atomic mass is 16.2. The maximum atomic E-state index is 12.6. The Balaban J connectivity index is 2.01. The van der Waals surface area contributed by atoms with Crippen LogP contribution in [0.2, 0.25) is 0 Å². The van der Waals surface area contributed by atoms with Gasteiger partial charge in [-0.25, -0.2) is 0 Å². The number of carbonyl (C=O) groups is 1. The van der Waals surface area contributed by atoms with Crippen LogP contribution >= 0.6 is 0 Å². The first-order valence-electron chi connectivity index (χ1n) is 7.76. The molecule has 2 rings (SSSR count). The first-order valence-corrected chi connectivity index (χ1v) is 7.76. The highest BCUT2D eigenvalue weighted by Gasteiger charge is 2.19. The Labute approximate surface area is 127 Å². The quantitative estimate of drug-likeness (QED) is 0.835. The minimum atomic E-state index is 0.0957. The number of para-hydroxylation sites is 1. The van der Waals surface area contributed by atoms with Crippen molar-refractivity contribution in [1.29, 1.82) is 5.26 Å². The second kappa shape index (κ2) is 8.43. The van der Waals surface area contributed by atoms with Gasteiger partial charge in [0.1, 0.15) is 0 Å². The maximum Gasteiger partial charge on any atom is 0.241 e. The highest BCUT2D eigenvalue weighted by molar-refractivity contribution is 5.94. The molecule has 1 aromatic rings. The highest BCUT2D eigenvalue weighted by Crippen LogP contribution is 2.15. The minimum absolute atomic E-state index is 0.0957. The molecule has 0 unspecified atom stereocenters. The summed E-state index contributed by atoms with van der Waals surface area (Å²) >= 11 is 0. The van der Waals surface area contributed by atoms with Gasteiger partial charge < -0.3 is 4.90 Å². The van der Waals surface area contributed by atoms with Crippen molar-refractivity contribution in [3.05, 3.63) is 30.3 Å². The lowest BCUT2D eigenvalue weighted by atomic mass is 10.2. The molecule has 1 aliphatic rings. The van der Waals surface area contributed by atoms with Gasteiger partial charge in [0, 0.05) is 12.2 Å². The molecule has 112 valence electrons. The third-order valence-corrected chi connectivity index (χ3v) is 3.87. The molecule has 1 saturated heterocycles. The molecule has 21 heavy (non-hydrogen) atoms. The van der Waals surface area contributed by atoms with E-state index in [9.17, 15) is 4.79 Å². The summed E-state index contributed by atoms with van der Waals surface area (Å²) in [6.07, 6.45) is 5.25. The van der Waals surface area contributed by atoms with Crippen molar-refractivity contribution in [1.82, 2.24) is 4.90 Å². The van der Waals surface area contributed by atoms with E-state index in [1.165, 1.54) is 25.7 Å². The number of nitriles is 1. The lowest BCUT2D eigenvalue weighted by molar-refractivity contribution is -0.119. The lowest BCUT2D eigenvalue weighted by Crippen LogP contribution is -2.41. The average Bonchev–Trinajstić information content (AvgIpc) is 2.77. The number of nitrogens with zero attached hydrogens (tertiary/aromatic N) is 3. The number of hydrogen-bond acceptors (Lipinski definition) is 3. The van der Waals surface area contributed by atoms with Gasteiger partial charge in [-0.05, 0) is 38.1 Å². The van der Waals surface area contributed by atoms with Crippen LogP contribution in [0.5, 0.6) is 0 Å². The van der Waals surface area contributed by atoms with Gasteiger partial charge in [0.15, 0.2) is 0 Å². The second-order valence-electron chi connectivity index (χ2n) is 5.48. The molecule has 1 aliphatic heterocycles. The van der Waals surface area contributed by atoms with E-state index in [-0.39, 0.29) is 5.91 Å². The summed E-state index contributed by atoms with van der Waals surface area (Å²) in [6, 6.07) is 11.8. The summed E-state index contributed by atoms with van der Waals surface area (Å²) < 4.78 is 0. The normalized spacial score (nSPS) is 16.0. The Morgan fingerprint density at radius 2 is 1.81 bits per heavy atom. The van der Waals surface area contributed by atoms with E-state index in [2.05, 4.69) is 11.0 Å². The third-order valence-electron chi connectivity index (χ3n) is 3.87. The van der Waals surface area contributed by atoms with Crippen molar-refractivity contribution < 1.29 is 4.79 Å². The molecule has 1 aromatic carbocycles. The molecule has 1 amide bonds. The largest absolute Gasteiger partial charge is 0.310 e. The molecule has 1 fully saturated rings. The van der Waals surface area contributed by atoms with Gasteiger partial charge in [-0.2, -0.15) is 5.26 Å². The van der Waals surface area contributed by atoms with Gasteiger partial charge in [-0.15, -0.1) is 0 Å². The van der Waals surface area contributed by atoms with Crippen LogP contribution in [0, 0.1) is 11.3 Å².